The Kier molecular flexibility index (Phi) is 2.61. The first-order valence-corrected chi connectivity index (χ1v) is 5.24. The highest BCUT2D eigenvalue weighted by atomic mass is 79.9. The van der Waals surface area contributed by atoms with Crippen LogP contribution in [0.4, 0.5) is 0 Å². The maximum absolute atomic E-state index is 11.6. The van der Waals surface area contributed by atoms with Crippen LogP contribution in [0.25, 0.3) is 10.9 Å². The molecule has 0 amide bonds. The second kappa shape index (κ2) is 3.92. The largest absolute Gasteiger partial charge is 0.297 e. The van der Waals surface area contributed by atoms with Gasteiger partial charge in [0.1, 0.15) is 0 Å². The van der Waals surface area contributed by atoms with Crippen LogP contribution >= 0.6 is 15.9 Å². The van der Waals surface area contributed by atoms with Crippen molar-refractivity contribution in [1.82, 2.24) is 4.57 Å². The van der Waals surface area contributed by atoms with Gasteiger partial charge < -0.3 is 0 Å². The number of hydrogen-bond donors (Lipinski definition) is 0. The van der Waals surface area contributed by atoms with Crippen LogP contribution in [0.5, 0.6) is 0 Å². The monoisotopic (exact) mass is 261 g/mol. The van der Waals surface area contributed by atoms with Crippen LogP contribution in [-0.4, -0.2) is 4.57 Å². The Morgan fingerprint density at radius 2 is 2.07 bits per heavy atom. The number of benzene rings is 1. The SMILES string of the molecule is C#CCn1c(=O)ccc2ccc(Br)cc21. The van der Waals surface area contributed by atoms with Gasteiger partial charge in [-0.1, -0.05) is 27.9 Å². The lowest BCUT2D eigenvalue weighted by atomic mass is 10.2. The third-order valence-electron chi connectivity index (χ3n) is 2.20. The van der Waals surface area contributed by atoms with Gasteiger partial charge in [-0.3, -0.25) is 9.36 Å². The Hall–Kier alpha value is -1.53. The Morgan fingerprint density at radius 1 is 1.33 bits per heavy atom. The van der Waals surface area contributed by atoms with E-state index in [1.165, 1.54) is 6.07 Å². The number of halogens is 1. The average Bonchev–Trinajstić information content (AvgIpc) is 2.23. The Morgan fingerprint density at radius 3 is 2.80 bits per heavy atom. The predicted octanol–water partition coefficient (Wildman–Crippen LogP) is 2.40. The molecule has 0 N–H and O–H groups in total. The maximum Gasteiger partial charge on any atom is 0.251 e. The molecule has 0 aliphatic rings. The fourth-order valence-corrected chi connectivity index (χ4v) is 1.86. The van der Waals surface area contributed by atoms with E-state index in [2.05, 4.69) is 21.9 Å². The smallest absolute Gasteiger partial charge is 0.251 e. The highest BCUT2D eigenvalue weighted by Gasteiger charge is 2.01. The molecule has 0 saturated carbocycles. The summed E-state index contributed by atoms with van der Waals surface area (Å²) in [4.78, 5) is 11.6. The van der Waals surface area contributed by atoms with Gasteiger partial charge in [0.05, 0.1) is 12.1 Å². The molecule has 1 heterocycles. The summed E-state index contributed by atoms with van der Waals surface area (Å²) >= 11 is 3.38. The lowest BCUT2D eigenvalue weighted by molar-refractivity contribution is 0.836. The first kappa shape index (κ1) is 10.0. The Bertz CT molecular complexity index is 607. The normalized spacial score (nSPS) is 10.1. The summed E-state index contributed by atoms with van der Waals surface area (Å²) < 4.78 is 2.52. The number of aromatic nitrogens is 1. The second-order valence-electron chi connectivity index (χ2n) is 3.16. The predicted molar refractivity (Wildman–Crippen MR) is 64.7 cm³/mol. The first-order chi connectivity index (χ1) is 7.22. The van der Waals surface area contributed by atoms with Gasteiger partial charge in [0, 0.05) is 10.5 Å². The van der Waals surface area contributed by atoms with E-state index in [1.54, 1.807) is 10.6 Å². The highest BCUT2D eigenvalue weighted by molar-refractivity contribution is 9.10. The molecule has 15 heavy (non-hydrogen) atoms. The van der Waals surface area contributed by atoms with Crippen molar-refractivity contribution in [2.24, 2.45) is 0 Å². The van der Waals surface area contributed by atoms with E-state index in [0.29, 0.717) is 6.54 Å². The van der Waals surface area contributed by atoms with Crippen molar-refractivity contribution in [3.63, 3.8) is 0 Å². The summed E-state index contributed by atoms with van der Waals surface area (Å²) in [5.74, 6) is 2.48. The molecule has 0 atom stereocenters. The minimum Gasteiger partial charge on any atom is -0.297 e. The van der Waals surface area contributed by atoms with Crippen molar-refractivity contribution in [3.05, 3.63) is 45.2 Å². The number of fused-ring (bicyclic) bond motifs is 1. The quantitative estimate of drug-likeness (QED) is 0.723. The van der Waals surface area contributed by atoms with Gasteiger partial charge in [-0.2, -0.15) is 0 Å². The molecule has 0 spiro atoms. The third-order valence-corrected chi connectivity index (χ3v) is 2.70. The van der Waals surface area contributed by atoms with Crippen LogP contribution in [0.15, 0.2) is 39.6 Å². The molecule has 74 valence electrons. The average molecular weight is 262 g/mol. The molecule has 0 fully saturated rings. The molecule has 0 bridgehead atoms. The molecule has 2 rings (SSSR count). The zero-order valence-electron chi connectivity index (χ0n) is 7.90. The number of nitrogens with zero attached hydrogens (tertiary/aromatic N) is 1. The fourth-order valence-electron chi connectivity index (χ4n) is 1.52. The van der Waals surface area contributed by atoms with Gasteiger partial charge in [-0.25, -0.2) is 0 Å². The van der Waals surface area contributed by atoms with Crippen LogP contribution in [0.3, 0.4) is 0 Å². The van der Waals surface area contributed by atoms with Gasteiger partial charge in [-0.05, 0) is 23.6 Å². The number of pyridine rings is 1. The fraction of sp³-hybridized carbons (Fsp3) is 0.0833. The lowest BCUT2D eigenvalue weighted by Gasteiger charge is -2.06. The van der Waals surface area contributed by atoms with E-state index in [4.69, 9.17) is 6.42 Å². The van der Waals surface area contributed by atoms with Crippen molar-refractivity contribution in [2.45, 2.75) is 6.54 Å². The lowest BCUT2D eigenvalue weighted by Crippen LogP contribution is -2.18. The topological polar surface area (TPSA) is 22.0 Å². The third kappa shape index (κ3) is 1.81. The van der Waals surface area contributed by atoms with Crippen molar-refractivity contribution < 1.29 is 0 Å². The van der Waals surface area contributed by atoms with Gasteiger partial charge in [0.25, 0.3) is 5.56 Å². The van der Waals surface area contributed by atoms with E-state index in [9.17, 15) is 4.79 Å². The van der Waals surface area contributed by atoms with Crippen molar-refractivity contribution >= 4 is 26.8 Å². The van der Waals surface area contributed by atoms with Crippen LogP contribution < -0.4 is 5.56 Å². The Balaban J connectivity index is 2.85. The summed E-state index contributed by atoms with van der Waals surface area (Å²) in [6.45, 7) is 0.298. The molecule has 1 aromatic heterocycles. The highest BCUT2D eigenvalue weighted by Crippen LogP contribution is 2.18. The number of terminal acetylenes is 1. The van der Waals surface area contributed by atoms with Crippen LogP contribution in [0, 0.1) is 12.3 Å². The van der Waals surface area contributed by atoms with Gasteiger partial charge >= 0.3 is 0 Å². The molecule has 2 nitrogen and oxygen atoms in total. The number of hydrogen-bond acceptors (Lipinski definition) is 1. The zero-order valence-corrected chi connectivity index (χ0v) is 9.49. The number of rotatable bonds is 1. The van der Waals surface area contributed by atoms with Gasteiger partial charge in [0.15, 0.2) is 0 Å². The Labute approximate surface area is 95.7 Å². The second-order valence-corrected chi connectivity index (χ2v) is 4.08. The molecule has 0 saturated heterocycles. The summed E-state index contributed by atoms with van der Waals surface area (Å²) in [6.07, 6.45) is 5.24. The summed E-state index contributed by atoms with van der Waals surface area (Å²) in [6, 6.07) is 9.12. The first-order valence-electron chi connectivity index (χ1n) is 4.45. The summed E-state index contributed by atoms with van der Waals surface area (Å²) in [5, 5.41) is 1.01. The van der Waals surface area contributed by atoms with E-state index in [-0.39, 0.29) is 5.56 Å². The van der Waals surface area contributed by atoms with Crippen molar-refractivity contribution in [2.75, 3.05) is 0 Å². The minimum absolute atomic E-state index is 0.0708. The summed E-state index contributed by atoms with van der Waals surface area (Å²) in [5.41, 5.74) is 0.786. The molecule has 0 unspecified atom stereocenters. The van der Waals surface area contributed by atoms with Crippen LogP contribution in [0.1, 0.15) is 0 Å². The maximum atomic E-state index is 11.6. The minimum atomic E-state index is -0.0708. The molecular formula is C12H8BrNO. The zero-order chi connectivity index (χ0) is 10.8. The van der Waals surface area contributed by atoms with E-state index in [0.717, 1.165) is 15.4 Å². The molecule has 2 aromatic rings. The van der Waals surface area contributed by atoms with E-state index >= 15 is 0 Å². The molecular weight excluding hydrogens is 254 g/mol. The van der Waals surface area contributed by atoms with E-state index in [1.807, 2.05) is 18.2 Å². The molecule has 0 radical (unpaired) electrons. The van der Waals surface area contributed by atoms with Crippen LogP contribution in [-0.2, 0) is 6.54 Å². The standard InChI is InChI=1S/C12H8BrNO/c1-2-7-14-11-8-10(13)5-3-9(11)4-6-12(14)15/h1,3-6,8H,7H2. The van der Waals surface area contributed by atoms with Crippen LogP contribution in [0.2, 0.25) is 0 Å². The van der Waals surface area contributed by atoms with Crippen molar-refractivity contribution in [1.29, 1.82) is 0 Å². The molecule has 3 heteroatoms. The molecule has 0 aliphatic carbocycles. The molecule has 1 aromatic carbocycles. The van der Waals surface area contributed by atoms with Gasteiger partial charge in [-0.15, -0.1) is 6.42 Å². The summed E-state index contributed by atoms with van der Waals surface area (Å²) in [7, 11) is 0. The van der Waals surface area contributed by atoms with Crippen molar-refractivity contribution in [3.8, 4) is 12.3 Å². The van der Waals surface area contributed by atoms with E-state index < -0.39 is 0 Å². The molecule has 0 aliphatic heterocycles. The van der Waals surface area contributed by atoms with Gasteiger partial charge in [0.2, 0.25) is 0 Å².